The highest BCUT2D eigenvalue weighted by molar-refractivity contribution is 5.43. The third kappa shape index (κ3) is 3.91. The second-order valence-corrected chi connectivity index (χ2v) is 5.24. The van der Waals surface area contributed by atoms with Gasteiger partial charge in [-0.1, -0.05) is 6.92 Å². The molecular formula is C15H25N3O2. The van der Waals surface area contributed by atoms with Crippen molar-refractivity contribution in [3.63, 3.8) is 0 Å². The van der Waals surface area contributed by atoms with E-state index in [9.17, 15) is 5.11 Å². The highest BCUT2D eigenvalue weighted by Crippen LogP contribution is 2.18. The van der Waals surface area contributed by atoms with E-state index in [-0.39, 0.29) is 13.2 Å². The second kappa shape index (κ2) is 7.57. The van der Waals surface area contributed by atoms with Crippen molar-refractivity contribution in [2.45, 2.75) is 26.4 Å². The van der Waals surface area contributed by atoms with Crippen molar-refractivity contribution >= 4 is 5.82 Å². The van der Waals surface area contributed by atoms with Gasteiger partial charge in [0, 0.05) is 31.9 Å². The van der Waals surface area contributed by atoms with Gasteiger partial charge < -0.3 is 15.1 Å². The molecule has 5 nitrogen and oxygen atoms in total. The van der Waals surface area contributed by atoms with Crippen LogP contribution in [0, 0.1) is 0 Å². The molecule has 1 aromatic rings. The lowest BCUT2D eigenvalue weighted by molar-refractivity contribution is 0.204. The van der Waals surface area contributed by atoms with Gasteiger partial charge in [-0.05, 0) is 37.1 Å². The summed E-state index contributed by atoms with van der Waals surface area (Å²) in [5, 5.41) is 18.4. The summed E-state index contributed by atoms with van der Waals surface area (Å²) >= 11 is 0. The minimum absolute atomic E-state index is 0.0625. The van der Waals surface area contributed by atoms with Crippen molar-refractivity contribution in [2.75, 3.05) is 44.2 Å². The topological polar surface area (TPSA) is 59.8 Å². The first-order valence-corrected chi connectivity index (χ1v) is 7.45. The fraction of sp³-hybridized carbons (Fsp3) is 0.667. The molecule has 112 valence electrons. The molecular weight excluding hydrogens is 254 g/mol. The van der Waals surface area contributed by atoms with Crippen molar-refractivity contribution in [1.82, 2.24) is 9.88 Å². The average molecular weight is 279 g/mol. The molecule has 5 heteroatoms. The van der Waals surface area contributed by atoms with Crippen molar-refractivity contribution in [2.24, 2.45) is 0 Å². The fourth-order valence-electron chi connectivity index (χ4n) is 2.63. The average Bonchev–Trinajstić information content (AvgIpc) is 2.73. The van der Waals surface area contributed by atoms with Crippen molar-refractivity contribution < 1.29 is 10.2 Å². The Kier molecular flexibility index (Phi) is 5.76. The molecule has 0 amide bonds. The molecule has 1 aliphatic rings. The molecule has 0 unspecified atom stereocenters. The van der Waals surface area contributed by atoms with Gasteiger partial charge in [-0.15, -0.1) is 0 Å². The van der Waals surface area contributed by atoms with Gasteiger partial charge in [-0.25, -0.2) is 4.98 Å². The Morgan fingerprint density at radius 2 is 2.00 bits per heavy atom. The summed E-state index contributed by atoms with van der Waals surface area (Å²) in [7, 11) is 0. The third-order valence-corrected chi connectivity index (χ3v) is 3.80. The minimum Gasteiger partial charge on any atom is -0.395 e. The quantitative estimate of drug-likeness (QED) is 0.828. The summed E-state index contributed by atoms with van der Waals surface area (Å²) < 4.78 is 0. The van der Waals surface area contributed by atoms with Gasteiger partial charge >= 0.3 is 0 Å². The second-order valence-electron chi connectivity index (χ2n) is 5.24. The first-order chi connectivity index (χ1) is 9.76. The number of hydrogen-bond donors (Lipinski definition) is 2. The molecule has 1 aliphatic heterocycles. The van der Waals surface area contributed by atoms with Crippen LogP contribution >= 0.6 is 0 Å². The predicted molar refractivity (Wildman–Crippen MR) is 79.9 cm³/mol. The van der Waals surface area contributed by atoms with E-state index in [2.05, 4.69) is 21.7 Å². The predicted octanol–water partition coefficient (Wildman–Crippen LogP) is 0.641. The standard InChI is InChI=1S/C15H25N3O2/c1-2-14-10-13(12-20)11-15(16-14)18-5-3-4-17(6-7-18)8-9-19/h10-11,19-20H,2-9,12H2,1H3. The number of nitrogens with zero attached hydrogens (tertiary/aromatic N) is 3. The lowest BCUT2D eigenvalue weighted by Crippen LogP contribution is -2.32. The highest BCUT2D eigenvalue weighted by Gasteiger charge is 2.16. The van der Waals surface area contributed by atoms with Crippen LogP contribution in [0.3, 0.4) is 0 Å². The number of hydrogen-bond acceptors (Lipinski definition) is 5. The van der Waals surface area contributed by atoms with E-state index in [0.717, 1.165) is 62.6 Å². The SMILES string of the molecule is CCc1cc(CO)cc(N2CCCN(CCO)CC2)n1. The van der Waals surface area contributed by atoms with Gasteiger partial charge in [0.25, 0.3) is 0 Å². The fourth-order valence-corrected chi connectivity index (χ4v) is 2.63. The van der Waals surface area contributed by atoms with E-state index in [4.69, 9.17) is 5.11 Å². The van der Waals surface area contributed by atoms with E-state index in [1.54, 1.807) is 0 Å². The van der Waals surface area contributed by atoms with E-state index in [1.165, 1.54) is 0 Å². The molecule has 1 aromatic heterocycles. The van der Waals surface area contributed by atoms with Crippen LogP contribution in [0.4, 0.5) is 5.82 Å². The van der Waals surface area contributed by atoms with Crippen molar-refractivity contribution in [3.8, 4) is 0 Å². The number of pyridine rings is 1. The maximum atomic E-state index is 9.37. The molecule has 0 aromatic carbocycles. The number of aryl methyl sites for hydroxylation is 1. The van der Waals surface area contributed by atoms with Crippen LogP contribution in [0.15, 0.2) is 12.1 Å². The first kappa shape index (κ1) is 15.2. The Bertz CT molecular complexity index is 403. The zero-order valence-electron chi connectivity index (χ0n) is 12.3. The molecule has 0 saturated carbocycles. The Morgan fingerprint density at radius 1 is 1.15 bits per heavy atom. The molecule has 0 aliphatic carbocycles. The number of aliphatic hydroxyl groups is 2. The summed E-state index contributed by atoms with van der Waals surface area (Å²) in [5.41, 5.74) is 1.96. The van der Waals surface area contributed by atoms with Crippen LogP contribution in [0.25, 0.3) is 0 Å². The number of rotatable bonds is 5. The van der Waals surface area contributed by atoms with E-state index in [0.29, 0.717) is 0 Å². The van der Waals surface area contributed by atoms with Crippen LogP contribution in [-0.2, 0) is 13.0 Å². The van der Waals surface area contributed by atoms with Gasteiger partial charge in [0.05, 0.1) is 13.2 Å². The van der Waals surface area contributed by atoms with Crippen LogP contribution in [0.1, 0.15) is 24.6 Å². The highest BCUT2D eigenvalue weighted by atomic mass is 16.3. The zero-order chi connectivity index (χ0) is 14.4. The molecule has 0 radical (unpaired) electrons. The van der Waals surface area contributed by atoms with E-state index in [1.807, 2.05) is 12.1 Å². The summed E-state index contributed by atoms with van der Waals surface area (Å²) in [5.74, 6) is 0.972. The van der Waals surface area contributed by atoms with Crippen molar-refractivity contribution in [3.05, 3.63) is 23.4 Å². The Labute approximate surface area is 120 Å². The monoisotopic (exact) mass is 279 g/mol. The molecule has 0 spiro atoms. The summed E-state index contributed by atoms with van der Waals surface area (Å²) in [6.07, 6.45) is 1.96. The molecule has 2 heterocycles. The smallest absolute Gasteiger partial charge is 0.129 e. The van der Waals surface area contributed by atoms with Gasteiger partial charge in [0.1, 0.15) is 5.82 Å². The van der Waals surface area contributed by atoms with Gasteiger partial charge in [0.15, 0.2) is 0 Å². The lowest BCUT2D eigenvalue weighted by Gasteiger charge is -2.23. The largest absolute Gasteiger partial charge is 0.395 e. The molecule has 20 heavy (non-hydrogen) atoms. The van der Waals surface area contributed by atoms with E-state index >= 15 is 0 Å². The van der Waals surface area contributed by atoms with Gasteiger partial charge in [-0.3, -0.25) is 4.90 Å². The lowest BCUT2D eigenvalue weighted by atomic mass is 10.2. The van der Waals surface area contributed by atoms with E-state index < -0.39 is 0 Å². The number of aromatic nitrogens is 1. The summed E-state index contributed by atoms with van der Waals surface area (Å²) in [6, 6.07) is 3.96. The van der Waals surface area contributed by atoms with Crippen LogP contribution in [-0.4, -0.2) is 59.4 Å². The molecule has 2 rings (SSSR count). The summed E-state index contributed by atoms with van der Waals surface area (Å²) in [6.45, 7) is 6.99. The first-order valence-electron chi connectivity index (χ1n) is 7.45. The number of β-amino-alcohol motifs (C(OH)–C–C–N with tert-alkyl or cyclic N) is 1. The molecule has 1 fully saturated rings. The Hall–Kier alpha value is -1.17. The molecule has 1 saturated heterocycles. The number of anilines is 1. The van der Waals surface area contributed by atoms with Gasteiger partial charge in [0.2, 0.25) is 0 Å². The zero-order valence-corrected chi connectivity index (χ0v) is 12.3. The Morgan fingerprint density at radius 3 is 2.70 bits per heavy atom. The third-order valence-electron chi connectivity index (χ3n) is 3.80. The maximum Gasteiger partial charge on any atom is 0.129 e. The van der Waals surface area contributed by atoms with Gasteiger partial charge in [-0.2, -0.15) is 0 Å². The Balaban J connectivity index is 2.10. The molecule has 0 atom stereocenters. The molecule has 0 bridgehead atoms. The van der Waals surface area contributed by atoms with Crippen LogP contribution in [0.2, 0.25) is 0 Å². The molecule has 2 N–H and O–H groups in total. The van der Waals surface area contributed by atoms with Crippen LogP contribution < -0.4 is 4.90 Å². The normalized spacial score (nSPS) is 17.2. The summed E-state index contributed by atoms with van der Waals surface area (Å²) in [4.78, 5) is 9.26. The number of aliphatic hydroxyl groups excluding tert-OH is 2. The minimum atomic E-state index is 0.0625. The van der Waals surface area contributed by atoms with Crippen molar-refractivity contribution in [1.29, 1.82) is 0 Å². The maximum absolute atomic E-state index is 9.37. The van der Waals surface area contributed by atoms with Crippen LogP contribution in [0.5, 0.6) is 0 Å².